The third-order valence-electron chi connectivity index (χ3n) is 7.16. The number of thiophene rings is 1. The molecule has 0 unspecified atom stereocenters. The summed E-state index contributed by atoms with van der Waals surface area (Å²) >= 11 is 1.65. The second kappa shape index (κ2) is 10.9. The van der Waals surface area contributed by atoms with Crippen LogP contribution in [-0.4, -0.2) is 60.0 Å². The first-order chi connectivity index (χ1) is 16.8. The average Bonchev–Trinajstić information content (AvgIpc) is 3.45. The maximum absolute atomic E-state index is 13.7. The molecular formula is C27H35N3O4S. The van der Waals surface area contributed by atoms with Gasteiger partial charge in [0, 0.05) is 18.0 Å². The molecule has 1 atom stereocenters. The number of nitrogens with one attached hydrogen (secondary N) is 1. The minimum Gasteiger partial charge on any atom is -0.465 e. The number of likely N-dealkylation sites (tertiary alicyclic amines) is 1. The number of ether oxygens (including phenoxy) is 1. The van der Waals surface area contributed by atoms with Crippen LogP contribution in [0.1, 0.15) is 53.9 Å². The van der Waals surface area contributed by atoms with E-state index < -0.39 is 5.54 Å². The summed E-state index contributed by atoms with van der Waals surface area (Å²) in [6.45, 7) is 7.17. The van der Waals surface area contributed by atoms with Gasteiger partial charge < -0.3 is 10.1 Å². The lowest BCUT2D eigenvalue weighted by atomic mass is 9.73. The molecule has 3 heterocycles. The highest BCUT2D eigenvalue weighted by Gasteiger charge is 2.55. The van der Waals surface area contributed by atoms with Gasteiger partial charge in [0.1, 0.15) is 5.54 Å². The Bertz CT molecular complexity index is 1030. The fraction of sp³-hybridized carbons (Fsp3) is 0.519. The van der Waals surface area contributed by atoms with Crippen LogP contribution in [0.15, 0.2) is 41.8 Å². The lowest BCUT2D eigenvalue weighted by Crippen LogP contribution is -2.56. The third kappa shape index (κ3) is 5.59. The minimum absolute atomic E-state index is 0.0513. The summed E-state index contributed by atoms with van der Waals surface area (Å²) in [5, 5.41) is 5.18. The topological polar surface area (TPSA) is 79.0 Å². The highest BCUT2D eigenvalue weighted by atomic mass is 32.1. The molecule has 2 fully saturated rings. The molecule has 3 amide bonds. The highest BCUT2D eigenvalue weighted by molar-refractivity contribution is 7.09. The van der Waals surface area contributed by atoms with E-state index in [1.165, 1.54) is 16.9 Å². The molecular weight excluding hydrogens is 462 g/mol. The predicted octanol–water partition coefficient (Wildman–Crippen LogP) is 4.33. The first kappa shape index (κ1) is 25.4. The summed E-state index contributed by atoms with van der Waals surface area (Å²) in [7, 11) is 1.38. The van der Waals surface area contributed by atoms with Crippen LogP contribution in [0.4, 0.5) is 4.79 Å². The van der Waals surface area contributed by atoms with Gasteiger partial charge in [-0.3, -0.25) is 14.6 Å². The maximum Gasteiger partial charge on any atom is 0.337 e. The second-order valence-electron chi connectivity index (χ2n) is 10.0. The predicted molar refractivity (Wildman–Crippen MR) is 136 cm³/mol. The van der Waals surface area contributed by atoms with E-state index in [1.807, 2.05) is 29.6 Å². The monoisotopic (exact) mass is 497 g/mol. The van der Waals surface area contributed by atoms with E-state index in [1.54, 1.807) is 23.5 Å². The molecule has 2 saturated heterocycles. The summed E-state index contributed by atoms with van der Waals surface area (Å²) in [5.41, 5.74) is 0.872. The highest BCUT2D eigenvalue weighted by Crippen LogP contribution is 2.38. The minimum atomic E-state index is -0.811. The molecule has 0 radical (unpaired) electrons. The van der Waals surface area contributed by atoms with E-state index in [2.05, 4.69) is 24.1 Å². The van der Waals surface area contributed by atoms with Gasteiger partial charge in [0.25, 0.3) is 5.91 Å². The van der Waals surface area contributed by atoms with Crippen molar-refractivity contribution < 1.29 is 19.1 Å². The number of urea groups is 1. The number of carbonyl (C=O) groups is 3. The van der Waals surface area contributed by atoms with Crippen molar-refractivity contribution in [2.24, 2.45) is 11.8 Å². The number of carbonyl (C=O) groups excluding carboxylic acids is 3. The van der Waals surface area contributed by atoms with Crippen molar-refractivity contribution in [3.8, 4) is 0 Å². The molecule has 2 aliphatic heterocycles. The van der Waals surface area contributed by atoms with Crippen molar-refractivity contribution in [3.63, 3.8) is 0 Å². The van der Waals surface area contributed by atoms with Gasteiger partial charge in [-0.2, -0.15) is 0 Å². The molecule has 0 spiro atoms. The number of hydrogen-bond acceptors (Lipinski definition) is 6. The van der Waals surface area contributed by atoms with Gasteiger partial charge in [0.2, 0.25) is 0 Å². The van der Waals surface area contributed by atoms with Gasteiger partial charge >= 0.3 is 12.0 Å². The van der Waals surface area contributed by atoms with Crippen molar-refractivity contribution in [2.75, 3.05) is 26.7 Å². The summed E-state index contributed by atoms with van der Waals surface area (Å²) in [4.78, 5) is 43.3. The molecule has 0 aliphatic carbocycles. The van der Waals surface area contributed by atoms with Crippen LogP contribution in [0.5, 0.6) is 0 Å². The molecule has 0 saturated carbocycles. The van der Waals surface area contributed by atoms with Crippen molar-refractivity contribution in [3.05, 3.63) is 57.8 Å². The van der Waals surface area contributed by atoms with Crippen molar-refractivity contribution in [1.82, 2.24) is 15.1 Å². The van der Waals surface area contributed by atoms with Gasteiger partial charge in [-0.1, -0.05) is 32.0 Å². The first-order valence-electron chi connectivity index (χ1n) is 12.4. The van der Waals surface area contributed by atoms with Crippen LogP contribution >= 0.6 is 11.3 Å². The van der Waals surface area contributed by atoms with E-state index >= 15 is 0 Å². The number of imide groups is 1. The Labute approximate surface area is 211 Å². The Morgan fingerprint density at radius 1 is 1.17 bits per heavy atom. The number of hydrogen-bond donors (Lipinski definition) is 1. The number of piperidine rings is 1. The Kier molecular flexibility index (Phi) is 7.91. The van der Waals surface area contributed by atoms with E-state index in [-0.39, 0.29) is 23.8 Å². The maximum atomic E-state index is 13.7. The van der Waals surface area contributed by atoms with Crippen molar-refractivity contribution in [1.29, 1.82) is 0 Å². The largest absolute Gasteiger partial charge is 0.465 e. The van der Waals surface area contributed by atoms with Gasteiger partial charge in [0.05, 0.1) is 12.7 Å². The van der Waals surface area contributed by atoms with Crippen molar-refractivity contribution >= 4 is 29.2 Å². The zero-order valence-electron chi connectivity index (χ0n) is 20.8. The van der Waals surface area contributed by atoms with Crippen LogP contribution in [0.2, 0.25) is 0 Å². The van der Waals surface area contributed by atoms with Gasteiger partial charge in [0.15, 0.2) is 0 Å². The van der Waals surface area contributed by atoms with E-state index in [9.17, 15) is 14.4 Å². The molecule has 8 heteroatoms. The number of rotatable bonds is 9. The Hall–Kier alpha value is -2.71. The van der Waals surface area contributed by atoms with Gasteiger partial charge in [-0.05, 0) is 79.8 Å². The molecule has 0 bridgehead atoms. The van der Waals surface area contributed by atoms with Crippen LogP contribution in [0, 0.1) is 11.8 Å². The Morgan fingerprint density at radius 3 is 2.49 bits per heavy atom. The SMILES string of the molecule is COC(=O)c1ccc(CN2CCC([C@@]3(CC(C)C)NC(=O)N(CCc4cccs4)C3=O)CC2)cc1. The molecule has 7 nitrogen and oxygen atoms in total. The lowest BCUT2D eigenvalue weighted by Gasteiger charge is -2.41. The molecule has 2 aromatic rings. The number of benzene rings is 1. The number of esters is 1. The number of nitrogens with zero attached hydrogens (tertiary/aromatic N) is 2. The fourth-order valence-electron chi connectivity index (χ4n) is 5.46. The van der Waals surface area contributed by atoms with Crippen LogP contribution in [0.3, 0.4) is 0 Å². The summed E-state index contributed by atoms with van der Waals surface area (Å²) in [6.07, 6.45) is 3.07. The average molecular weight is 498 g/mol. The molecule has 1 N–H and O–H groups in total. The third-order valence-corrected chi connectivity index (χ3v) is 8.10. The normalized spacial score (nSPS) is 21.5. The zero-order valence-corrected chi connectivity index (χ0v) is 21.6. The molecule has 35 heavy (non-hydrogen) atoms. The summed E-state index contributed by atoms with van der Waals surface area (Å²) in [6, 6.07) is 11.3. The molecule has 2 aliphatic rings. The van der Waals surface area contributed by atoms with E-state index in [0.29, 0.717) is 30.9 Å². The standard InChI is InChI=1S/C27H35N3O4S/c1-19(2)17-27(25(32)30(26(33)28-27)15-12-23-5-4-16-35-23)22-10-13-29(14-11-22)18-20-6-8-21(9-7-20)24(31)34-3/h4-9,16,19,22H,10-15,17-18H2,1-3H3,(H,28,33)/t27-/m1/s1. The van der Waals surface area contributed by atoms with Crippen LogP contribution in [-0.2, 0) is 22.5 Å². The lowest BCUT2D eigenvalue weighted by molar-refractivity contribution is -0.134. The van der Waals surface area contributed by atoms with E-state index in [0.717, 1.165) is 38.0 Å². The summed E-state index contributed by atoms with van der Waals surface area (Å²) < 4.78 is 4.77. The summed E-state index contributed by atoms with van der Waals surface area (Å²) in [5.74, 6) is 0.0269. The fourth-order valence-corrected chi connectivity index (χ4v) is 6.15. The molecule has 1 aromatic heterocycles. The quantitative estimate of drug-likeness (QED) is 0.412. The molecule has 4 rings (SSSR count). The number of amides is 3. The molecule has 188 valence electrons. The first-order valence-corrected chi connectivity index (χ1v) is 13.3. The van der Waals surface area contributed by atoms with Crippen LogP contribution in [0.25, 0.3) is 0 Å². The Balaban J connectivity index is 1.40. The smallest absolute Gasteiger partial charge is 0.337 e. The van der Waals surface area contributed by atoms with Crippen LogP contribution < -0.4 is 5.32 Å². The van der Waals surface area contributed by atoms with E-state index in [4.69, 9.17) is 4.74 Å². The van der Waals surface area contributed by atoms with Gasteiger partial charge in [-0.15, -0.1) is 11.3 Å². The zero-order chi connectivity index (χ0) is 25.0. The second-order valence-corrected chi connectivity index (χ2v) is 11.1. The van der Waals surface area contributed by atoms with Gasteiger partial charge in [-0.25, -0.2) is 9.59 Å². The van der Waals surface area contributed by atoms with Crippen molar-refractivity contribution in [2.45, 2.75) is 51.6 Å². The molecule has 1 aromatic carbocycles. The number of methoxy groups -OCH3 is 1. The Morgan fingerprint density at radius 2 is 1.89 bits per heavy atom.